The van der Waals surface area contributed by atoms with E-state index < -0.39 is 0 Å². The van der Waals surface area contributed by atoms with Crippen molar-refractivity contribution in [3.05, 3.63) is 59.9 Å². The first kappa shape index (κ1) is 19.9. The minimum Gasteiger partial charge on any atom is -0.497 e. The highest BCUT2D eigenvalue weighted by molar-refractivity contribution is 5.84. The van der Waals surface area contributed by atoms with Crippen LogP contribution in [0.15, 0.2) is 48.8 Å². The molecular weight excluding hydrogens is 406 g/mol. The fraction of sp³-hybridized carbons (Fsp3) is 0.261. The zero-order valence-corrected chi connectivity index (χ0v) is 18.1. The van der Waals surface area contributed by atoms with Crippen LogP contribution in [0.4, 0.5) is 17.5 Å². The number of anilines is 3. The molecule has 0 spiro atoms. The molecule has 0 amide bonds. The summed E-state index contributed by atoms with van der Waals surface area (Å²) in [5.74, 6) is 2.63. The average Bonchev–Trinajstić information content (AvgIpc) is 3.21. The summed E-state index contributed by atoms with van der Waals surface area (Å²) in [6.45, 7) is 2.94. The number of ether oxygens (including phenoxy) is 2. The first-order chi connectivity index (χ1) is 15.7. The Morgan fingerprint density at radius 1 is 1.06 bits per heavy atom. The van der Waals surface area contributed by atoms with Crippen molar-refractivity contribution in [3.8, 4) is 11.5 Å². The smallest absolute Gasteiger partial charge is 0.224 e. The van der Waals surface area contributed by atoms with Gasteiger partial charge in [-0.3, -0.25) is 0 Å². The number of hydrogen-bond acceptors (Lipinski definition) is 8. The largest absolute Gasteiger partial charge is 0.497 e. The number of methoxy groups -OCH3 is 2. The van der Waals surface area contributed by atoms with Crippen LogP contribution in [0.2, 0.25) is 0 Å². The van der Waals surface area contributed by atoms with Gasteiger partial charge < -0.3 is 30.0 Å². The third-order valence-electron chi connectivity index (χ3n) is 5.77. The molecular formula is C23H25N7O2. The number of imidazole rings is 1. The first-order valence-corrected chi connectivity index (χ1v) is 10.4. The van der Waals surface area contributed by atoms with Gasteiger partial charge in [-0.1, -0.05) is 18.2 Å². The number of nitrogens with two attached hydrogens (primary N) is 1. The molecule has 32 heavy (non-hydrogen) atoms. The number of H-pyrrole nitrogens is 1. The SMILES string of the molecule is COc1ccc(OC)c(CN2CCN(c3nc(N)nc4nc[nH]c34)Cc3ccccc32)c1. The van der Waals surface area contributed by atoms with Crippen molar-refractivity contribution in [2.75, 3.05) is 42.8 Å². The maximum Gasteiger partial charge on any atom is 0.224 e. The molecule has 0 fully saturated rings. The van der Waals surface area contributed by atoms with E-state index in [1.807, 2.05) is 18.2 Å². The number of nitrogens with one attached hydrogen (secondary N) is 1. The van der Waals surface area contributed by atoms with Crippen LogP contribution < -0.4 is 25.0 Å². The van der Waals surface area contributed by atoms with Crippen LogP contribution in [0, 0.1) is 0 Å². The molecule has 0 saturated carbocycles. The molecule has 2 aromatic carbocycles. The Balaban J connectivity index is 1.51. The zero-order valence-electron chi connectivity index (χ0n) is 18.1. The summed E-state index contributed by atoms with van der Waals surface area (Å²) in [6.07, 6.45) is 1.62. The number of hydrogen-bond donors (Lipinski definition) is 2. The summed E-state index contributed by atoms with van der Waals surface area (Å²) in [7, 11) is 3.37. The van der Waals surface area contributed by atoms with Gasteiger partial charge in [0.15, 0.2) is 11.5 Å². The zero-order chi connectivity index (χ0) is 22.1. The lowest BCUT2D eigenvalue weighted by Crippen LogP contribution is -2.32. The monoisotopic (exact) mass is 431 g/mol. The Morgan fingerprint density at radius 2 is 1.94 bits per heavy atom. The van der Waals surface area contributed by atoms with Crippen molar-refractivity contribution in [1.82, 2.24) is 19.9 Å². The molecule has 2 aromatic heterocycles. The Hall–Kier alpha value is -4.01. The van der Waals surface area contributed by atoms with Gasteiger partial charge in [-0.2, -0.15) is 9.97 Å². The van der Waals surface area contributed by atoms with E-state index in [1.54, 1.807) is 20.5 Å². The van der Waals surface area contributed by atoms with Gasteiger partial charge in [0.1, 0.15) is 17.0 Å². The van der Waals surface area contributed by atoms with Gasteiger partial charge in [-0.15, -0.1) is 0 Å². The molecule has 3 N–H and O–H groups in total. The second-order valence-electron chi connectivity index (χ2n) is 7.66. The number of para-hydroxylation sites is 1. The lowest BCUT2D eigenvalue weighted by atomic mass is 10.1. The van der Waals surface area contributed by atoms with Crippen molar-refractivity contribution in [2.45, 2.75) is 13.1 Å². The Labute approximate surface area is 185 Å². The van der Waals surface area contributed by atoms with Gasteiger partial charge in [0.05, 0.1) is 20.5 Å². The molecule has 0 saturated heterocycles. The van der Waals surface area contributed by atoms with Crippen LogP contribution in [-0.4, -0.2) is 47.2 Å². The van der Waals surface area contributed by atoms with Gasteiger partial charge >= 0.3 is 0 Å². The van der Waals surface area contributed by atoms with Gasteiger partial charge in [0, 0.05) is 37.4 Å². The highest BCUT2D eigenvalue weighted by Crippen LogP contribution is 2.33. The first-order valence-electron chi connectivity index (χ1n) is 10.4. The van der Waals surface area contributed by atoms with E-state index in [-0.39, 0.29) is 5.95 Å². The standard InChI is InChI=1S/C23H25N7O2/c1-31-17-7-8-19(32-2)16(11-17)13-29-9-10-30(12-15-5-3-4-6-18(15)29)22-20-21(26-14-25-20)27-23(24)28-22/h3-8,11,14H,9-10,12-13H2,1-2H3,(H3,24,25,26,27,28). The number of aromatic nitrogens is 4. The highest BCUT2D eigenvalue weighted by atomic mass is 16.5. The molecule has 3 heterocycles. The van der Waals surface area contributed by atoms with E-state index in [4.69, 9.17) is 15.2 Å². The molecule has 9 heteroatoms. The van der Waals surface area contributed by atoms with Crippen LogP contribution in [0.1, 0.15) is 11.1 Å². The van der Waals surface area contributed by atoms with Gasteiger partial charge in [-0.05, 0) is 29.8 Å². The Kier molecular flexibility index (Phi) is 5.14. The van der Waals surface area contributed by atoms with E-state index in [9.17, 15) is 0 Å². The second-order valence-corrected chi connectivity index (χ2v) is 7.66. The molecule has 0 atom stereocenters. The van der Waals surface area contributed by atoms with E-state index >= 15 is 0 Å². The summed E-state index contributed by atoms with van der Waals surface area (Å²) in [5.41, 5.74) is 10.8. The normalized spacial score (nSPS) is 13.7. The van der Waals surface area contributed by atoms with E-state index in [0.717, 1.165) is 41.5 Å². The lowest BCUT2D eigenvalue weighted by molar-refractivity contribution is 0.398. The molecule has 4 aromatic rings. The molecule has 0 bridgehead atoms. The molecule has 1 aliphatic rings. The van der Waals surface area contributed by atoms with Crippen LogP contribution in [0.3, 0.4) is 0 Å². The van der Waals surface area contributed by atoms with Crippen molar-refractivity contribution in [1.29, 1.82) is 0 Å². The van der Waals surface area contributed by atoms with E-state index in [0.29, 0.717) is 18.7 Å². The number of aromatic amines is 1. The summed E-state index contributed by atoms with van der Waals surface area (Å²) in [4.78, 5) is 20.8. The number of benzene rings is 2. The fourth-order valence-corrected chi connectivity index (χ4v) is 4.22. The summed E-state index contributed by atoms with van der Waals surface area (Å²) >= 11 is 0. The van der Waals surface area contributed by atoms with Gasteiger partial charge in [0.2, 0.25) is 5.95 Å². The maximum absolute atomic E-state index is 5.97. The van der Waals surface area contributed by atoms with Crippen molar-refractivity contribution in [2.24, 2.45) is 0 Å². The Bertz CT molecular complexity index is 1260. The summed E-state index contributed by atoms with van der Waals surface area (Å²) in [6, 6.07) is 14.3. The number of fused-ring (bicyclic) bond motifs is 2. The molecule has 0 unspecified atom stereocenters. The predicted molar refractivity (Wildman–Crippen MR) is 124 cm³/mol. The van der Waals surface area contributed by atoms with Gasteiger partial charge in [0.25, 0.3) is 0 Å². The fourth-order valence-electron chi connectivity index (χ4n) is 4.22. The quantitative estimate of drug-likeness (QED) is 0.497. The molecule has 9 nitrogen and oxygen atoms in total. The molecule has 0 aliphatic carbocycles. The molecule has 5 rings (SSSR count). The number of nitrogen functional groups attached to an aromatic ring is 1. The number of nitrogens with zero attached hydrogens (tertiary/aromatic N) is 5. The highest BCUT2D eigenvalue weighted by Gasteiger charge is 2.24. The van der Waals surface area contributed by atoms with Crippen LogP contribution >= 0.6 is 0 Å². The van der Waals surface area contributed by atoms with Crippen molar-refractivity contribution in [3.63, 3.8) is 0 Å². The van der Waals surface area contributed by atoms with Crippen molar-refractivity contribution >= 4 is 28.6 Å². The second kappa shape index (κ2) is 8.26. The minimum atomic E-state index is 0.218. The van der Waals surface area contributed by atoms with E-state index in [1.165, 1.54) is 11.3 Å². The summed E-state index contributed by atoms with van der Waals surface area (Å²) in [5, 5.41) is 0. The summed E-state index contributed by atoms with van der Waals surface area (Å²) < 4.78 is 11.1. The van der Waals surface area contributed by atoms with Crippen LogP contribution in [0.25, 0.3) is 11.2 Å². The molecule has 164 valence electrons. The van der Waals surface area contributed by atoms with Crippen molar-refractivity contribution < 1.29 is 9.47 Å². The molecule has 0 radical (unpaired) electrons. The topological polar surface area (TPSA) is 105 Å². The Morgan fingerprint density at radius 3 is 2.78 bits per heavy atom. The van der Waals surface area contributed by atoms with Crippen LogP contribution in [-0.2, 0) is 13.1 Å². The minimum absolute atomic E-state index is 0.218. The van der Waals surface area contributed by atoms with Crippen LogP contribution in [0.5, 0.6) is 11.5 Å². The number of rotatable bonds is 5. The third-order valence-corrected chi connectivity index (χ3v) is 5.77. The molecule has 1 aliphatic heterocycles. The van der Waals surface area contributed by atoms with E-state index in [2.05, 4.69) is 54.0 Å². The average molecular weight is 432 g/mol. The third kappa shape index (κ3) is 3.62. The predicted octanol–water partition coefficient (Wildman–Crippen LogP) is 2.98. The maximum atomic E-state index is 5.97. The lowest BCUT2D eigenvalue weighted by Gasteiger charge is -2.26. The van der Waals surface area contributed by atoms with Gasteiger partial charge in [-0.25, -0.2) is 4.98 Å².